The van der Waals surface area contributed by atoms with Gasteiger partial charge in [0.1, 0.15) is 5.78 Å². The molecule has 0 aliphatic rings. The van der Waals surface area contributed by atoms with Gasteiger partial charge < -0.3 is 5.11 Å². The van der Waals surface area contributed by atoms with Crippen LogP contribution in [-0.4, -0.2) is 31.9 Å². The lowest BCUT2D eigenvalue weighted by molar-refractivity contribution is -0.137. The highest BCUT2D eigenvalue weighted by Gasteiger charge is 2.04. The fourth-order valence-electron chi connectivity index (χ4n) is 1.41. The number of nitrogens with zero attached hydrogens (tertiary/aromatic N) is 3. The molecule has 0 bridgehead atoms. The number of ketones is 1. The van der Waals surface area contributed by atoms with Crippen molar-refractivity contribution in [1.29, 1.82) is 0 Å². The smallest absolute Gasteiger partial charge is 0.303 e. The van der Waals surface area contributed by atoms with Crippen LogP contribution in [0.3, 0.4) is 0 Å². The van der Waals surface area contributed by atoms with Gasteiger partial charge in [-0.05, 0) is 6.42 Å². The van der Waals surface area contributed by atoms with Gasteiger partial charge in [-0.25, -0.2) is 0 Å². The number of rotatable bonds is 8. The second kappa shape index (κ2) is 6.78. The second-order valence-corrected chi connectivity index (χ2v) is 3.86. The van der Waals surface area contributed by atoms with E-state index in [1.165, 1.54) is 0 Å². The molecule has 0 aliphatic heterocycles. The number of carbonyl (C=O) groups is 2. The Kier molecular flexibility index (Phi) is 5.32. The quantitative estimate of drug-likeness (QED) is 0.733. The van der Waals surface area contributed by atoms with Crippen LogP contribution in [0.2, 0.25) is 0 Å². The minimum atomic E-state index is -0.840. The van der Waals surface area contributed by atoms with Crippen LogP contribution < -0.4 is 0 Å². The average Bonchev–Trinajstić information content (AvgIpc) is 2.74. The molecule has 1 aromatic heterocycles. The number of Topliss-reactive ketones (excluding diaryl/α,β-unsaturated/α-hetero) is 1. The first kappa shape index (κ1) is 13.3. The molecule has 0 unspecified atom stereocenters. The molecule has 17 heavy (non-hydrogen) atoms. The molecular formula is C11H17N3O3. The lowest BCUT2D eigenvalue weighted by Crippen LogP contribution is -2.02. The molecule has 0 saturated carbocycles. The Morgan fingerprint density at radius 1 is 1.41 bits per heavy atom. The topological polar surface area (TPSA) is 85.1 Å². The second-order valence-electron chi connectivity index (χ2n) is 3.86. The summed E-state index contributed by atoms with van der Waals surface area (Å²) in [5.41, 5.74) is 0.675. The monoisotopic (exact) mass is 239 g/mol. The molecule has 94 valence electrons. The van der Waals surface area contributed by atoms with Crippen LogP contribution in [0, 0.1) is 0 Å². The van der Waals surface area contributed by atoms with Crippen LogP contribution in [0.25, 0.3) is 0 Å². The highest BCUT2D eigenvalue weighted by Crippen LogP contribution is 2.01. The molecule has 0 radical (unpaired) electrons. The number of carbonyl (C=O) groups excluding carboxylic acids is 1. The number of hydrogen-bond acceptors (Lipinski definition) is 4. The summed E-state index contributed by atoms with van der Waals surface area (Å²) in [6.45, 7) is 2.49. The van der Waals surface area contributed by atoms with Crippen molar-refractivity contribution in [3.63, 3.8) is 0 Å². The zero-order chi connectivity index (χ0) is 12.7. The van der Waals surface area contributed by atoms with Gasteiger partial charge in [-0.15, -0.1) is 5.10 Å². The zero-order valence-electron chi connectivity index (χ0n) is 9.93. The largest absolute Gasteiger partial charge is 0.481 e. The van der Waals surface area contributed by atoms with E-state index in [2.05, 4.69) is 10.3 Å². The van der Waals surface area contributed by atoms with Crippen LogP contribution in [0.15, 0.2) is 6.20 Å². The highest BCUT2D eigenvalue weighted by atomic mass is 16.4. The summed E-state index contributed by atoms with van der Waals surface area (Å²) in [6.07, 6.45) is 4.06. The molecule has 1 aromatic rings. The lowest BCUT2D eigenvalue weighted by atomic mass is 10.2. The fraction of sp³-hybridized carbons (Fsp3) is 0.636. The maximum Gasteiger partial charge on any atom is 0.303 e. The molecular weight excluding hydrogens is 222 g/mol. The Hall–Kier alpha value is -1.72. The maximum absolute atomic E-state index is 11.1. The predicted molar refractivity (Wildman–Crippen MR) is 60.5 cm³/mol. The standard InChI is InChI=1S/C11H17N3O3/c1-2-10(15)4-3-7-14-8-9(12-13-14)5-6-11(16)17/h8H,2-7H2,1H3,(H,16,17). The molecule has 0 atom stereocenters. The summed E-state index contributed by atoms with van der Waals surface area (Å²) in [6, 6.07) is 0. The van der Waals surface area contributed by atoms with Crippen LogP contribution in [0.1, 0.15) is 38.3 Å². The Balaban J connectivity index is 2.30. The molecule has 0 amide bonds. The van der Waals surface area contributed by atoms with Crippen molar-refractivity contribution in [2.45, 2.75) is 45.6 Å². The van der Waals surface area contributed by atoms with Gasteiger partial charge in [-0.2, -0.15) is 0 Å². The van der Waals surface area contributed by atoms with Crippen LogP contribution in [0.4, 0.5) is 0 Å². The number of carboxylic acid groups (broad SMARTS) is 1. The first-order chi connectivity index (χ1) is 8.11. The van der Waals surface area contributed by atoms with E-state index < -0.39 is 5.97 Å². The molecule has 0 saturated heterocycles. The molecule has 0 aromatic carbocycles. The third kappa shape index (κ3) is 5.24. The lowest BCUT2D eigenvalue weighted by Gasteiger charge is -1.98. The van der Waals surface area contributed by atoms with Gasteiger partial charge in [-0.1, -0.05) is 12.1 Å². The number of hydrogen-bond donors (Lipinski definition) is 1. The fourth-order valence-corrected chi connectivity index (χ4v) is 1.41. The average molecular weight is 239 g/mol. The Morgan fingerprint density at radius 3 is 2.82 bits per heavy atom. The number of aryl methyl sites for hydroxylation is 2. The van der Waals surface area contributed by atoms with E-state index >= 15 is 0 Å². The van der Waals surface area contributed by atoms with Gasteiger partial charge in [0.15, 0.2) is 0 Å². The van der Waals surface area contributed by atoms with Crippen molar-refractivity contribution in [3.8, 4) is 0 Å². The van der Waals surface area contributed by atoms with Gasteiger partial charge in [0, 0.05) is 32.0 Å². The number of carboxylic acids is 1. The molecule has 0 fully saturated rings. The van der Waals surface area contributed by atoms with Crippen molar-refractivity contribution >= 4 is 11.8 Å². The Morgan fingerprint density at radius 2 is 2.18 bits per heavy atom. The number of aromatic nitrogens is 3. The van der Waals surface area contributed by atoms with Gasteiger partial charge in [-0.3, -0.25) is 14.3 Å². The summed E-state index contributed by atoms with van der Waals surface area (Å²) < 4.78 is 1.65. The molecule has 1 N–H and O–H groups in total. The summed E-state index contributed by atoms with van der Waals surface area (Å²) >= 11 is 0. The van der Waals surface area contributed by atoms with E-state index in [1.54, 1.807) is 10.9 Å². The first-order valence-corrected chi connectivity index (χ1v) is 5.74. The maximum atomic E-state index is 11.1. The van der Waals surface area contributed by atoms with Gasteiger partial charge in [0.2, 0.25) is 0 Å². The Bertz CT molecular complexity index is 387. The SMILES string of the molecule is CCC(=O)CCCn1cc(CCC(=O)O)nn1. The zero-order valence-corrected chi connectivity index (χ0v) is 9.93. The predicted octanol–water partition coefficient (Wildman–Crippen LogP) is 1.05. The van der Waals surface area contributed by atoms with Crippen molar-refractivity contribution in [2.24, 2.45) is 0 Å². The highest BCUT2D eigenvalue weighted by molar-refractivity contribution is 5.77. The van der Waals surface area contributed by atoms with Crippen LogP contribution in [0.5, 0.6) is 0 Å². The van der Waals surface area contributed by atoms with E-state index in [0.717, 1.165) is 6.42 Å². The summed E-state index contributed by atoms with van der Waals surface area (Å²) in [5, 5.41) is 16.3. The summed E-state index contributed by atoms with van der Waals surface area (Å²) in [4.78, 5) is 21.4. The van der Waals surface area contributed by atoms with Crippen molar-refractivity contribution in [2.75, 3.05) is 0 Å². The molecule has 6 nitrogen and oxygen atoms in total. The normalized spacial score (nSPS) is 10.4. The third-order valence-corrected chi connectivity index (χ3v) is 2.42. The molecule has 1 heterocycles. The minimum Gasteiger partial charge on any atom is -0.481 e. The molecule has 0 aliphatic carbocycles. The Labute approximate surface area is 99.6 Å². The van der Waals surface area contributed by atoms with Crippen molar-refractivity contribution in [1.82, 2.24) is 15.0 Å². The van der Waals surface area contributed by atoms with Crippen LogP contribution in [-0.2, 0) is 22.6 Å². The first-order valence-electron chi connectivity index (χ1n) is 5.74. The molecule has 0 spiro atoms. The minimum absolute atomic E-state index is 0.0625. The van der Waals surface area contributed by atoms with Gasteiger partial charge in [0.05, 0.1) is 12.1 Å². The van der Waals surface area contributed by atoms with E-state index in [0.29, 0.717) is 31.5 Å². The van der Waals surface area contributed by atoms with Crippen molar-refractivity contribution < 1.29 is 14.7 Å². The van der Waals surface area contributed by atoms with Gasteiger partial charge >= 0.3 is 5.97 Å². The van der Waals surface area contributed by atoms with E-state index in [-0.39, 0.29) is 12.2 Å². The van der Waals surface area contributed by atoms with E-state index in [9.17, 15) is 9.59 Å². The van der Waals surface area contributed by atoms with E-state index in [4.69, 9.17) is 5.11 Å². The van der Waals surface area contributed by atoms with E-state index in [1.807, 2.05) is 6.92 Å². The third-order valence-electron chi connectivity index (χ3n) is 2.42. The number of aliphatic carboxylic acids is 1. The summed E-state index contributed by atoms with van der Waals surface area (Å²) in [7, 11) is 0. The molecule has 6 heteroatoms. The van der Waals surface area contributed by atoms with Crippen LogP contribution >= 0.6 is 0 Å². The molecule has 1 rings (SSSR count). The summed E-state index contributed by atoms with van der Waals surface area (Å²) in [5.74, 6) is -0.593. The van der Waals surface area contributed by atoms with Crippen molar-refractivity contribution in [3.05, 3.63) is 11.9 Å². The van der Waals surface area contributed by atoms with Gasteiger partial charge in [0.25, 0.3) is 0 Å².